The van der Waals surface area contributed by atoms with E-state index in [2.05, 4.69) is 10.6 Å². The van der Waals surface area contributed by atoms with Crippen LogP contribution in [0.2, 0.25) is 0 Å². The molecule has 0 fully saturated rings. The van der Waals surface area contributed by atoms with E-state index >= 15 is 0 Å². The van der Waals surface area contributed by atoms with Crippen LogP contribution in [0, 0.1) is 5.82 Å². The van der Waals surface area contributed by atoms with E-state index in [4.69, 9.17) is 9.84 Å². The first-order valence-electron chi connectivity index (χ1n) is 11.3. The molecule has 1 unspecified atom stereocenters. The summed E-state index contributed by atoms with van der Waals surface area (Å²) in [6.45, 7) is 1.81. The molecule has 3 aromatic carbocycles. The molecule has 0 aliphatic heterocycles. The van der Waals surface area contributed by atoms with Crippen molar-refractivity contribution in [2.24, 2.45) is 0 Å². The van der Waals surface area contributed by atoms with Crippen LogP contribution in [-0.4, -0.2) is 35.7 Å². The number of carboxylic acids is 1. The van der Waals surface area contributed by atoms with Crippen molar-refractivity contribution in [1.82, 2.24) is 5.32 Å². The molecule has 35 heavy (non-hydrogen) atoms. The highest BCUT2D eigenvalue weighted by Gasteiger charge is 2.29. The van der Waals surface area contributed by atoms with Crippen molar-refractivity contribution >= 4 is 23.7 Å². The van der Waals surface area contributed by atoms with Gasteiger partial charge >= 0.3 is 12.1 Å². The highest BCUT2D eigenvalue weighted by atomic mass is 19.1. The van der Waals surface area contributed by atoms with Crippen LogP contribution >= 0.6 is 0 Å². The fourth-order valence-electron chi connectivity index (χ4n) is 4.33. The van der Waals surface area contributed by atoms with Crippen LogP contribution in [-0.2, 0) is 9.53 Å². The Hall–Kier alpha value is -4.20. The summed E-state index contributed by atoms with van der Waals surface area (Å²) in [6.07, 6.45) is -0.681. The number of amides is 2. The maximum atomic E-state index is 13.9. The zero-order chi connectivity index (χ0) is 24.9. The normalized spacial score (nSPS) is 12.9. The third-order valence-electron chi connectivity index (χ3n) is 6.06. The van der Waals surface area contributed by atoms with E-state index in [9.17, 15) is 18.8 Å². The van der Waals surface area contributed by atoms with Crippen LogP contribution in [0.25, 0.3) is 11.1 Å². The predicted molar refractivity (Wildman–Crippen MR) is 129 cm³/mol. The van der Waals surface area contributed by atoms with Gasteiger partial charge in [0.05, 0.1) is 17.7 Å². The lowest BCUT2D eigenvalue weighted by molar-refractivity contribution is -0.137. The molecule has 0 aromatic heterocycles. The number of carbonyl (C=O) groups excluding carboxylic acids is 2. The number of rotatable bonds is 8. The van der Waals surface area contributed by atoms with Crippen LogP contribution in [0.5, 0.6) is 0 Å². The molecule has 180 valence electrons. The molecule has 4 rings (SSSR count). The molecular formula is C27H25FN2O5. The summed E-state index contributed by atoms with van der Waals surface area (Å²) < 4.78 is 19.4. The topological polar surface area (TPSA) is 105 Å². The number of hydrogen-bond acceptors (Lipinski definition) is 4. The molecular weight excluding hydrogens is 451 g/mol. The largest absolute Gasteiger partial charge is 0.481 e. The Balaban J connectivity index is 1.46. The van der Waals surface area contributed by atoms with Gasteiger partial charge < -0.3 is 15.2 Å². The monoisotopic (exact) mass is 476 g/mol. The molecule has 0 saturated carbocycles. The molecule has 1 atom stereocenters. The van der Waals surface area contributed by atoms with Gasteiger partial charge in [-0.3, -0.25) is 14.9 Å². The average Bonchev–Trinajstić information content (AvgIpc) is 3.16. The maximum absolute atomic E-state index is 13.9. The molecule has 1 aliphatic carbocycles. The Morgan fingerprint density at radius 1 is 1.00 bits per heavy atom. The molecule has 1 aliphatic rings. The quantitative estimate of drug-likeness (QED) is 0.416. The first-order valence-corrected chi connectivity index (χ1v) is 11.3. The molecule has 2 amide bonds. The Labute approximate surface area is 201 Å². The summed E-state index contributed by atoms with van der Waals surface area (Å²) in [5.74, 6) is -2.55. The Kier molecular flexibility index (Phi) is 7.10. The molecule has 0 spiro atoms. The SMILES string of the molecule is CCC(CC(=O)O)NC(=O)c1cc(F)ccc1NC(=O)OCC1c2ccccc2-c2ccccc21. The van der Waals surface area contributed by atoms with Gasteiger partial charge in [0.2, 0.25) is 0 Å². The van der Waals surface area contributed by atoms with Crippen molar-refractivity contribution in [2.45, 2.75) is 31.7 Å². The zero-order valence-corrected chi connectivity index (χ0v) is 19.1. The van der Waals surface area contributed by atoms with Crippen LogP contribution < -0.4 is 10.6 Å². The van der Waals surface area contributed by atoms with Gasteiger partial charge in [-0.15, -0.1) is 0 Å². The second-order valence-electron chi connectivity index (χ2n) is 8.32. The third kappa shape index (κ3) is 5.32. The van der Waals surface area contributed by atoms with Gasteiger partial charge in [0.15, 0.2) is 0 Å². The standard InChI is InChI=1S/C27H25FN2O5/c1-2-17(14-25(31)32)29-26(33)22-13-16(28)11-12-24(22)30-27(34)35-15-23-20-9-5-3-7-18(20)19-8-4-6-10-21(19)23/h3-13,17,23H,2,14-15H2,1H3,(H,29,33)(H,30,34)(H,31,32). The van der Waals surface area contributed by atoms with E-state index in [-0.39, 0.29) is 30.2 Å². The van der Waals surface area contributed by atoms with Gasteiger partial charge in [0, 0.05) is 12.0 Å². The lowest BCUT2D eigenvalue weighted by Crippen LogP contribution is -2.36. The minimum atomic E-state index is -1.06. The van der Waals surface area contributed by atoms with E-state index in [1.807, 2.05) is 48.5 Å². The Bertz CT molecular complexity index is 1230. The number of anilines is 1. The minimum Gasteiger partial charge on any atom is -0.481 e. The molecule has 0 saturated heterocycles. The number of carboxylic acid groups (broad SMARTS) is 1. The fraction of sp³-hybridized carbons (Fsp3) is 0.222. The lowest BCUT2D eigenvalue weighted by atomic mass is 9.98. The fourth-order valence-corrected chi connectivity index (χ4v) is 4.33. The number of halogens is 1. The van der Waals surface area contributed by atoms with E-state index in [1.54, 1.807) is 6.92 Å². The summed E-state index contributed by atoms with van der Waals surface area (Å²) in [7, 11) is 0. The number of carbonyl (C=O) groups is 3. The van der Waals surface area contributed by atoms with Crippen LogP contribution in [0.1, 0.15) is 47.2 Å². The summed E-state index contributed by atoms with van der Waals surface area (Å²) >= 11 is 0. The number of aliphatic carboxylic acids is 1. The molecule has 0 radical (unpaired) electrons. The first kappa shape index (κ1) is 23.9. The van der Waals surface area contributed by atoms with Crippen molar-refractivity contribution in [3.63, 3.8) is 0 Å². The Morgan fingerprint density at radius 2 is 1.63 bits per heavy atom. The second kappa shape index (κ2) is 10.4. The van der Waals surface area contributed by atoms with Gasteiger partial charge in [0.1, 0.15) is 12.4 Å². The highest BCUT2D eigenvalue weighted by molar-refractivity contribution is 6.03. The van der Waals surface area contributed by atoms with Crippen molar-refractivity contribution in [1.29, 1.82) is 0 Å². The summed E-state index contributed by atoms with van der Waals surface area (Å²) in [4.78, 5) is 36.4. The van der Waals surface area contributed by atoms with E-state index in [0.717, 1.165) is 34.4 Å². The van der Waals surface area contributed by atoms with E-state index in [0.29, 0.717) is 6.42 Å². The molecule has 0 bridgehead atoms. The van der Waals surface area contributed by atoms with E-state index in [1.165, 1.54) is 6.07 Å². The van der Waals surface area contributed by atoms with Gasteiger partial charge in [-0.05, 0) is 46.9 Å². The van der Waals surface area contributed by atoms with Crippen molar-refractivity contribution < 1.29 is 28.6 Å². The molecule has 0 heterocycles. The van der Waals surface area contributed by atoms with Crippen molar-refractivity contribution in [2.75, 3.05) is 11.9 Å². The van der Waals surface area contributed by atoms with Gasteiger partial charge in [0.25, 0.3) is 5.91 Å². The number of nitrogens with one attached hydrogen (secondary N) is 2. The van der Waals surface area contributed by atoms with Crippen molar-refractivity contribution in [3.8, 4) is 11.1 Å². The highest BCUT2D eigenvalue weighted by Crippen LogP contribution is 2.44. The second-order valence-corrected chi connectivity index (χ2v) is 8.32. The van der Waals surface area contributed by atoms with Gasteiger partial charge in [-0.2, -0.15) is 0 Å². The smallest absolute Gasteiger partial charge is 0.411 e. The van der Waals surface area contributed by atoms with Crippen LogP contribution in [0.15, 0.2) is 66.7 Å². The molecule has 8 heteroatoms. The minimum absolute atomic E-state index is 0.0614. The van der Waals surface area contributed by atoms with Gasteiger partial charge in [-0.1, -0.05) is 55.5 Å². The number of benzene rings is 3. The summed E-state index contributed by atoms with van der Waals surface area (Å²) in [5, 5.41) is 14.1. The van der Waals surface area contributed by atoms with Crippen molar-refractivity contribution in [3.05, 3.63) is 89.2 Å². The summed E-state index contributed by atoms with van der Waals surface area (Å²) in [5.41, 5.74) is 4.26. The Morgan fingerprint density at radius 3 is 2.23 bits per heavy atom. The zero-order valence-electron chi connectivity index (χ0n) is 19.1. The van der Waals surface area contributed by atoms with Crippen LogP contribution in [0.3, 0.4) is 0 Å². The van der Waals surface area contributed by atoms with Crippen LogP contribution in [0.4, 0.5) is 14.9 Å². The number of fused-ring (bicyclic) bond motifs is 3. The number of ether oxygens (including phenoxy) is 1. The third-order valence-corrected chi connectivity index (χ3v) is 6.06. The van der Waals surface area contributed by atoms with Gasteiger partial charge in [-0.25, -0.2) is 9.18 Å². The van der Waals surface area contributed by atoms with E-state index < -0.39 is 29.8 Å². The molecule has 3 N–H and O–H groups in total. The summed E-state index contributed by atoms with van der Waals surface area (Å²) in [6, 6.07) is 18.6. The predicted octanol–water partition coefficient (Wildman–Crippen LogP) is 5.17. The number of hydrogen-bond donors (Lipinski definition) is 3. The molecule has 3 aromatic rings. The maximum Gasteiger partial charge on any atom is 0.411 e. The average molecular weight is 477 g/mol. The first-order chi connectivity index (χ1) is 16.9. The molecule has 7 nitrogen and oxygen atoms in total. The lowest BCUT2D eigenvalue weighted by Gasteiger charge is -2.18.